The Kier molecular flexibility index (Phi) is 5.93. The number of hydrogen-bond donors (Lipinski definition) is 0. The summed E-state index contributed by atoms with van der Waals surface area (Å²) in [6.45, 7) is 6.26. The van der Waals surface area contributed by atoms with Crippen molar-refractivity contribution < 1.29 is 18.7 Å². The fraction of sp³-hybridized carbons (Fsp3) is 0.167. The second kappa shape index (κ2) is 9.03. The van der Waals surface area contributed by atoms with E-state index in [1.807, 2.05) is 6.92 Å². The van der Waals surface area contributed by atoms with Crippen molar-refractivity contribution in [3.05, 3.63) is 86.1 Å². The van der Waals surface area contributed by atoms with Crippen molar-refractivity contribution in [2.45, 2.75) is 13.0 Å². The van der Waals surface area contributed by atoms with Gasteiger partial charge in [-0.25, -0.2) is 0 Å². The molecule has 2 aromatic heterocycles. The highest BCUT2D eigenvalue weighted by Gasteiger charge is 2.45. The van der Waals surface area contributed by atoms with Crippen LogP contribution in [0.15, 0.2) is 68.2 Å². The molecule has 0 spiro atoms. The average molecular weight is 540 g/mol. The van der Waals surface area contributed by atoms with Crippen LogP contribution >= 0.6 is 27.3 Å². The van der Waals surface area contributed by atoms with E-state index in [0.29, 0.717) is 46.4 Å². The van der Waals surface area contributed by atoms with Crippen LogP contribution in [0.5, 0.6) is 11.5 Å². The van der Waals surface area contributed by atoms with Gasteiger partial charge in [0.15, 0.2) is 16.9 Å². The Labute approximate surface area is 206 Å². The maximum atomic E-state index is 13.7. The minimum absolute atomic E-state index is 0.00929. The van der Waals surface area contributed by atoms with E-state index in [4.69, 9.17) is 13.9 Å². The summed E-state index contributed by atoms with van der Waals surface area (Å²) in [7, 11) is 0. The SMILES string of the molecule is C=CCOc1ccc(C2c3c(oc4ccc(Br)cc4c3=O)C(=O)N2c2nncs2)cc1OCC. The van der Waals surface area contributed by atoms with Crippen LogP contribution < -0.4 is 19.8 Å². The molecule has 4 aromatic rings. The number of aromatic nitrogens is 2. The van der Waals surface area contributed by atoms with Crippen LogP contribution in [0.25, 0.3) is 11.0 Å². The second-order valence-electron chi connectivity index (χ2n) is 7.35. The second-order valence-corrected chi connectivity index (χ2v) is 9.08. The number of anilines is 1. The van der Waals surface area contributed by atoms with E-state index in [9.17, 15) is 9.59 Å². The van der Waals surface area contributed by atoms with Crippen molar-refractivity contribution in [1.82, 2.24) is 10.2 Å². The van der Waals surface area contributed by atoms with Crippen molar-refractivity contribution in [2.24, 2.45) is 0 Å². The molecule has 5 rings (SSSR count). The first-order valence-corrected chi connectivity index (χ1v) is 12.1. The number of nitrogens with zero attached hydrogens (tertiary/aromatic N) is 3. The molecule has 0 radical (unpaired) electrons. The molecule has 3 heterocycles. The normalized spacial score (nSPS) is 14.9. The monoisotopic (exact) mass is 539 g/mol. The summed E-state index contributed by atoms with van der Waals surface area (Å²) in [5.74, 6) is 0.563. The van der Waals surface area contributed by atoms with E-state index < -0.39 is 11.9 Å². The van der Waals surface area contributed by atoms with Crippen molar-refractivity contribution in [1.29, 1.82) is 0 Å². The Morgan fingerprint density at radius 3 is 2.79 bits per heavy atom. The molecule has 0 N–H and O–H groups in total. The van der Waals surface area contributed by atoms with Gasteiger partial charge in [0.25, 0.3) is 5.91 Å². The van der Waals surface area contributed by atoms with E-state index in [2.05, 4.69) is 32.7 Å². The number of benzene rings is 2. The molecule has 1 amide bonds. The minimum Gasteiger partial charge on any atom is -0.490 e. The summed E-state index contributed by atoms with van der Waals surface area (Å²) in [5.41, 5.74) is 2.48. The summed E-state index contributed by atoms with van der Waals surface area (Å²) in [6, 6.07) is 9.66. The summed E-state index contributed by atoms with van der Waals surface area (Å²) in [5, 5.41) is 8.71. The quantitative estimate of drug-likeness (QED) is 0.301. The molecule has 0 saturated carbocycles. The molecule has 8 nitrogen and oxygen atoms in total. The predicted octanol–water partition coefficient (Wildman–Crippen LogP) is 5.12. The molecule has 0 bridgehead atoms. The van der Waals surface area contributed by atoms with Crippen LogP contribution in [0.2, 0.25) is 0 Å². The molecule has 1 atom stereocenters. The third-order valence-electron chi connectivity index (χ3n) is 5.33. The largest absolute Gasteiger partial charge is 0.490 e. The highest BCUT2D eigenvalue weighted by atomic mass is 79.9. The van der Waals surface area contributed by atoms with Crippen molar-refractivity contribution in [3.63, 3.8) is 0 Å². The van der Waals surface area contributed by atoms with Gasteiger partial charge in [0.1, 0.15) is 17.7 Å². The van der Waals surface area contributed by atoms with Gasteiger partial charge >= 0.3 is 0 Å². The van der Waals surface area contributed by atoms with E-state index in [0.717, 1.165) is 4.47 Å². The average Bonchev–Trinajstić information content (AvgIpc) is 3.46. The van der Waals surface area contributed by atoms with Gasteiger partial charge in [-0.2, -0.15) is 0 Å². The van der Waals surface area contributed by atoms with Crippen LogP contribution in [0.4, 0.5) is 5.13 Å². The number of hydrogen-bond acceptors (Lipinski definition) is 8. The zero-order valence-corrected chi connectivity index (χ0v) is 20.4. The lowest BCUT2D eigenvalue weighted by Gasteiger charge is -2.23. The lowest BCUT2D eigenvalue weighted by Crippen LogP contribution is -2.29. The van der Waals surface area contributed by atoms with Gasteiger partial charge in [0, 0.05) is 4.47 Å². The summed E-state index contributed by atoms with van der Waals surface area (Å²) < 4.78 is 18.2. The Bertz CT molecular complexity index is 1470. The number of ether oxygens (including phenoxy) is 2. The summed E-state index contributed by atoms with van der Waals surface area (Å²) >= 11 is 4.60. The van der Waals surface area contributed by atoms with Crippen LogP contribution in [0.3, 0.4) is 0 Å². The topological polar surface area (TPSA) is 94.8 Å². The van der Waals surface area contributed by atoms with Crippen LogP contribution in [-0.2, 0) is 0 Å². The van der Waals surface area contributed by atoms with Gasteiger partial charge in [-0.1, -0.05) is 46.0 Å². The van der Waals surface area contributed by atoms with Gasteiger partial charge in [-0.15, -0.1) is 10.2 Å². The molecule has 2 aromatic carbocycles. The highest BCUT2D eigenvalue weighted by molar-refractivity contribution is 9.10. The number of amides is 1. The molecule has 0 aliphatic carbocycles. The van der Waals surface area contributed by atoms with Gasteiger partial charge in [0.05, 0.1) is 23.6 Å². The number of fused-ring (bicyclic) bond motifs is 2. The Balaban J connectivity index is 1.75. The van der Waals surface area contributed by atoms with Crippen LogP contribution in [-0.4, -0.2) is 29.3 Å². The maximum absolute atomic E-state index is 13.7. The number of carbonyl (C=O) groups excluding carboxylic acids is 1. The molecule has 34 heavy (non-hydrogen) atoms. The molecule has 0 fully saturated rings. The summed E-state index contributed by atoms with van der Waals surface area (Å²) in [6.07, 6.45) is 1.64. The fourth-order valence-corrected chi connectivity index (χ4v) is 4.91. The third kappa shape index (κ3) is 3.68. The van der Waals surface area contributed by atoms with Crippen molar-refractivity contribution in [2.75, 3.05) is 18.1 Å². The van der Waals surface area contributed by atoms with E-state index >= 15 is 0 Å². The first kappa shape index (κ1) is 22.3. The number of carbonyl (C=O) groups is 1. The molecule has 1 aliphatic rings. The number of halogens is 1. The lowest BCUT2D eigenvalue weighted by molar-refractivity contribution is 0.0970. The Morgan fingerprint density at radius 1 is 1.21 bits per heavy atom. The van der Waals surface area contributed by atoms with Gasteiger partial charge in [0.2, 0.25) is 10.9 Å². The smallest absolute Gasteiger partial charge is 0.297 e. The lowest BCUT2D eigenvalue weighted by atomic mass is 9.98. The Morgan fingerprint density at radius 2 is 2.06 bits per heavy atom. The first-order chi connectivity index (χ1) is 16.5. The van der Waals surface area contributed by atoms with Crippen LogP contribution in [0, 0.1) is 0 Å². The molecule has 172 valence electrons. The van der Waals surface area contributed by atoms with Crippen molar-refractivity contribution >= 4 is 49.3 Å². The maximum Gasteiger partial charge on any atom is 0.297 e. The molecule has 0 saturated heterocycles. The number of rotatable bonds is 7. The zero-order valence-electron chi connectivity index (χ0n) is 18.0. The molecular formula is C24H18BrN3O5S. The van der Waals surface area contributed by atoms with Gasteiger partial charge in [-0.05, 0) is 42.8 Å². The Hall–Kier alpha value is -3.50. The third-order valence-corrected chi connectivity index (χ3v) is 6.51. The summed E-state index contributed by atoms with van der Waals surface area (Å²) in [4.78, 5) is 28.6. The van der Waals surface area contributed by atoms with Gasteiger partial charge < -0.3 is 13.9 Å². The molecule has 1 aliphatic heterocycles. The molecule has 10 heteroatoms. The molecule has 1 unspecified atom stereocenters. The van der Waals surface area contributed by atoms with E-state index in [-0.39, 0.29) is 16.8 Å². The first-order valence-electron chi connectivity index (χ1n) is 10.4. The van der Waals surface area contributed by atoms with E-state index in [1.165, 1.54) is 21.7 Å². The minimum atomic E-state index is -0.775. The fourth-order valence-electron chi connectivity index (χ4n) is 3.96. The zero-order chi connectivity index (χ0) is 23.8. The van der Waals surface area contributed by atoms with Gasteiger partial charge in [-0.3, -0.25) is 14.5 Å². The van der Waals surface area contributed by atoms with Crippen LogP contribution in [0.1, 0.15) is 34.6 Å². The molecular weight excluding hydrogens is 522 g/mol. The highest BCUT2D eigenvalue weighted by Crippen LogP contribution is 2.43. The standard InChI is InChI=1S/C24H18BrN3O5S/c1-3-9-32-17-7-5-13(10-18(17)31-4-2)20-19-21(29)15-11-14(25)6-8-16(15)33-22(19)23(30)28(20)24-27-26-12-34-24/h3,5-8,10-12,20H,1,4,9H2,2H3. The van der Waals surface area contributed by atoms with E-state index in [1.54, 1.807) is 42.5 Å². The predicted molar refractivity (Wildman–Crippen MR) is 132 cm³/mol. The van der Waals surface area contributed by atoms with Crippen molar-refractivity contribution in [3.8, 4) is 11.5 Å².